The number of ether oxygens (including phenoxy) is 2. The van der Waals surface area contributed by atoms with Crippen LogP contribution in [0.4, 0.5) is 9.59 Å². The van der Waals surface area contributed by atoms with Crippen molar-refractivity contribution in [2.45, 2.75) is 45.0 Å². The number of benzene rings is 2. The maximum Gasteiger partial charge on any atom is 0.410 e. The number of aliphatic hydroxyl groups is 1. The van der Waals surface area contributed by atoms with Crippen LogP contribution in [-0.2, 0) is 27.5 Å². The predicted octanol–water partition coefficient (Wildman–Crippen LogP) is 2.97. The van der Waals surface area contributed by atoms with Gasteiger partial charge in [-0.25, -0.2) is 9.59 Å². The zero-order valence-electron chi connectivity index (χ0n) is 21.6. The summed E-state index contributed by atoms with van der Waals surface area (Å²) >= 11 is 0. The van der Waals surface area contributed by atoms with Crippen LogP contribution in [-0.4, -0.2) is 66.9 Å². The molecule has 0 saturated carbocycles. The van der Waals surface area contributed by atoms with Crippen molar-refractivity contribution in [3.63, 3.8) is 0 Å². The number of carbonyl (C=O) groups excluding carboxylic acids is 3. The number of alkyl carbamates (subject to hydrolysis) is 1. The molecule has 0 bridgehead atoms. The van der Waals surface area contributed by atoms with Gasteiger partial charge in [-0.3, -0.25) is 4.79 Å². The van der Waals surface area contributed by atoms with Crippen molar-refractivity contribution >= 4 is 30.5 Å². The Hall–Kier alpha value is -3.34. The second-order valence-electron chi connectivity index (χ2n) is 8.52. The van der Waals surface area contributed by atoms with Crippen LogP contribution >= 0.6 is 12.4 Å². The van der Waals surface area contributed by atoms with E-state index in [-0.39, 0.29) is 44.5 Å². The Labute approximate surface area is 230 Å². The highest BCUT2D eigenvalue weighted by molar-refractivity contribution is 5.85. The van der Waals surface area contributed by atoms with Gasteiger partial charge in [0.05, 0.1) is 12.5 Å². The van der Waals surface area contributed by atoms with E-state index in [4.69, 9.17) is 15.2 Å². The number of aliphatic hydroxyl groups excluding tert-OH is 1. The van der Waals surface area contributed by atoms with Gasteiger partial charge in [-0.15, -0.1) is 12.4 Å². The standard InChI is InChI=1S/C27H38N4O6.ClH/c28-19-24(32)18-25(33)29-14-7-8-16-31(27(35)37-21-23-12-5-2-6-13-23)17-9-15-30-26(34)36-20-22-10-3-1-4-11-22;/h1-6,10-13,24,32H,7-9,14-21,28H2,(H,29,33)(H,30,34);1H/t24-;/m0./s1. The molecule has 0 aliphatic heterocycles. The van der Waals surface area contributed by atoms with Gasteiger partial charge in [0.25, 0.3) is 0 Å². The Balaban J connectivity index is 0.00000722. The third kappa shape index (κ3) is 14.4. The number of hydrogen-bond donors (Lipinski definition) is 4. The zero-order valence-corrected chi connectivity index (χ0v) is 22.4. The third-order valence-electron chi connectivity index (χ3n) is 5.42. The molecular formula is C27H39ClN4O6. The molecule has 5 N–H and O–H groups in total. The molecule has 1 atom stereocenters. The van der Waals surface area contributed by atoms with Crippen LogP contribution in [0, 0.1) is 0 Å². The van der Waals surface area contributed by atoms with Gasteiger partial charge in [0.1, 0.15) is 13.2 Å². The molecule has 0 aliphatic rings. The van der Waals surface area contributed by atoms with Crippen LogP contribution < -0.4 is 16.4 Å². The maximum absolute atomic E-state index is 12.7. The normalized spacial score (nSPS) is 11.0. The van der Waals surface area contributed by atoms with Gasteiger partial charge in [0, 0.05) is 32.7 Å². The molecule has 0 fully saturated rings. The summed E-state index contributed by atoms with van der Waals surface area (Å²) < 4.78 is 10.7. The smallest absolute Gasteiger partial charge is 0.410 e. The molecule has 0 aliphatic carbocycles. The van der Waals surface area contributed by atoms with E-state index in [1.165, 1.54) is 0 Å². The average Bonchev–Trinajstić information content (AvgIpc) is 2.92. The predicted molar refractivity (Wildman–Crippen MR) is 147 cm³/mol. The van der Waals surface area contributed by atoms with E-state index >= 15 is 0 Å². The van der Waals surface area contributed by atoms with Crippen LogP contribution in [0.1, 0.15) is 36.8 Å². The molecule has 0 spiro atoms. The van der Waals surface area contributed by atoms with Gasteiger partial charge >= 0.3 is 12.2 Å². The molecule has 210 valence electrons. The molecule has 38 heavy (non-hydrogen) atoms. The highest BCUT2D eigenvalue weighted by Gasteiger charge is 2.15. The molecule has 0 aromatic heterocycles. The van der Waals surface area contributed by atoms with Crippen molar-refractivity contribution in [1.29, 1.82) is 0 Å². The minimum Gasteiger partial charge on any atom is -0.445 e. The molecular weight excluding hydrogens is 512 g/mol. The highest BCUT2D eigenvalue weighted by Crippen LogP contribution is 2.06. The van der Waals surface area contributed by atoms with Gasteiger partial charge in [-0.2, -0.15) is 0 Å². The molecule has 0 heterocycles. The number of rotatable bonds is 16. The number of nitrogens with two attached hydrogens (primary N) is 1. The Morgan fingerprint density at radius 2 is 1.37 bits per heavy atom. The highest BCUT2D eigenvalue weighted by atomic mass is 35.5. The van der Waals surface area contributed by atoms with Crippen molar-refractivity contribution in [2.75, 3.05) is 32.7 Å². The molecule has 2 aromatic carbocycles. The Kier molecular flexibility index (Phi) is 17.0. The average molecular weight is 551 g/mol. The van der Waals surface area contributed by atoms with Crippen molar-refractivity contribution in [3.05, 3.63) is 71.8 Å². The van der Waals surface area contributed by atoms with Crippen molar-refractivity contribution in [1.82, 2.24) is 15.5 Å². The molecule has 0 radical (unpaired) electrons. The SMILES string of the molecule is Cl.NC[C@@H](O)CC(=O)NCCCCN(CCCNC(=O)OCc1ccccc1)C(=O)OCc1ccccc1. The quantitative estimate of drug-likeness (QED) is 0.235. The number of hydrogen-bond acceptors (Lipinski definition) is 7. The first-order valence-electron chi connectivity index (χ1n) is 12.5. The fourth-order valence-electron chi connectivity index (χ4n) is 3.36. The van der Waals surface area contributed by atoms with Crippen molar-refractivity contribution < 1.29 is 29.0 Å². The molecule has 2 rings (SSSR count). The monoisotopic (exact) mass is 550 g/mol. The lowest BCUT2D eigenvalue weighted by molar-refractivity contribution is -0.122. The summed E-state index contributed by atoms with van der Waals surface area (Å²) in [6.07, 6.45) is -0.0182. The number of carbonyl (C=O) groups is 3. The zero-order chi connectivity index (χ0) is 26.7. The third-order valence-corrected chi connectivity index (χ3v) is 5.42. The van der Waals surface area contributed by atoms with Gasteiger partial charge in [-0.05, 0) is 30.4 Å². The summed E-state index contributed by atoms with van der Waals surface area (Å²) in [4.78, 5) is 38.0. The molecule has 3 amide bonds. The van der Waals surface area contributed by atoms with E-state index in [0.29, 0.717) is 45.4 Å². The molecule has 11 heteroatoms. The fraction of sp³-hybridized carbons (Fsp3) is 0.444. The summed E-state index contributed by atoms with van der Waals surface area (Å²) in [7, 11) is 0. The van der Waals surface area contributed by atoms with Crippen LogP contribution in [0.5, 0.6) is 0 Å². The number of nitrogens with zero attached hydrogens (tertiary/aromatic N) is 1. The second kappa shape index (κ2) is 19.7. The summed E-state index contributed by atoms with van der Waals surface area (Å²) in [6, 6.07) is 18.8. The minimum atomic E-state index is -0.848. The van der Waals surface area contributed by atoms with Gasteiger partial charge in [0.2, 0.25) is 5.91 Å². The van der Waals surface area contributed by atoms with E-state index in [9.17, 15) is 19.5 Å². The molecule has 2 aromatic rings. The van der Waals surface area contributed by atoms with Crippen LogP contribution in [0.25, 0.3) is 0 Å². The number of halogens is 1. The molecule has 0 unspecified atom stereocenters. The lowest BCUT2D eigenvalue weighted by Crippen LogP contribution is -2.36. The second-order valence-corrected chi connectivity index (χ2v) is 8.52. The van der Waals surface area contributed by atoms with Crippen LogP contribution in [0.15, 0.2) is 60.7 Å². The Morgan fingerprint density at radius 1 is 0.816 bits per heavy atom. The minimum absolute atomic E-state index is 0. The largest absolute Gasteiger partial charge is 0.445 e. The Bertz CT molecular complexity index is 936. The first kappa shape index (κ1) is 32.7. The van der Waals surface area contributed by atoms with Crippen molar-refractivity contribution in [3.8, 4) is 0 Å². The van der Waals surface area contributed by atoms with Crippen LogP contribution in [0.2, 0.25) is 0 Å². The molecule has 10 nitrogen and oxygen atoms in total. The molecule has 0 saturated heterocycles. The lowest BCUT2D eigenvalue weighted by Gasteiger charge is -2.22. The number of amides is 3. The van der Waals surface area contributed by atoms with E-state index in [2.05, 4.69) is 10.6 Å². The topological polar surface area (TPSA) is 143 Å². The first-order valence-corrected chi connectivity index (χ1v) is 12.5. The Morgan fingerprint density at radius 3 is 1.97 bits per heavy atom. The first-order chi connectivity index (χ1) is 18.0. The number of unbranched alkanes of at least 4 members (excludes halogenated alkanes) is 1. The van der Waals surface area contributed by atoms with E-state index in [1.54, 1.807) is 4.90 Å². The van der Waals surface area contributed by atoms with E-state index < -0.39 is 18.3 Å². The fourth-order valence-corrected chi connectivity index (χ4v) is 3.36. The van der Waals surface area contributed by atoms with Gasteiger partial charge in [0.15, 0.2) is 0 Å². The van der Waals surface area contributed by atoms with E-state index in [1.807, 2.05) is 60.7 Å². The lowest BCUT2D eigenvalue weighted by atomic mass is 10.2. The van der Waals surface area contributed by atoms with Gasteiger partial charge in [-0.1, -0.05) is 60.7 Å². The number of nitrogens with one attached hydrogen (secondary N) is 2. The van der Waals surface area contributed by atoms with Crippen molar-refractivity contribution in [2.24, 2.45) is 5.73 Å². The van der Waals surface area contributed by atoms with E-state index in [0.717, 1.165) is 11.1 Å². The summed E-state index contributed by atoms with van der Waals surface area (Å²) in [6.45, 7) is 1.99. The van der Waals surface area contributed by atoms with Gasteiger partial charge < -0.3 is 35.8 Å². The summed E-state index contributed by atoms with van der Waals surface area (Å²) in [5.74, 6) is -0.262. The maximum atomic E-state index is 12.7. The summed E-state index contributed by atoms with van der Waals surface area (Å²) in [5, 5.41) is 14.9. The summed E-state index contributed by atoms with van der Waals surface area (Å²) in [5.41, 5.74) is 7.11. The van der Waals surface area contributed by atoms with Crippen LogP contribution in [0.3, 0.4) is 0 Å².